The van der Waals surface area contributed by atoms with E-state index in [4.69, 9.17) is 0 Å². The van der Waals surface area contributed by atoms with Crippen LogP contribution in [0.1, 0.15) is 52.5 Å². The summed E-state index contributed by atoms with van der Waals surface area (Å²) < 4.78 is 29.0. The maximum Gasteiger partial charge on any atom is 0.240 e. The number of amides is 1. The minimum Gasteiger partial charge on any atom is -0.326 e. The van der Waals surface area contributed by atoms with Gasteiger partial charge in [0.1, 0.15) is 0 Å². The van der Waals surface area contributed by atoms with E-state index in [0.717, 1.165) is 18.4 Å². The van der Waals surface area contributed by atoms with Crippen LogP contribution in [0.25, 0.3) is 0 Å². The van der Waals surface area contributed by atoms with Crippen molar-refractivity contribution in [2.24, 2.45) is 16.7 Å². The van der Waals surface area contributed by atoms with Gasteiger partial charge in [-0.25, -0.2) is 13.1 Å². The van der Waals surface area contributed by atoms with Gasteiger partial charge in [0.25, 0.3) is 0 Å². The van der Waals surface area contributed by atoms with Crippen LogP contribution in [0.2, 0.25) is 0 Å². The summed E-state index contributed by atoms with van der Waals surface area (Å²) in [7, 11) is -3.65. The van der Waals surface area contributed by atoms with Crippen LogP contribution in [0.4, 0.5) is 5.69 Å². The number of nitrogens with one attached hydrogen (secondary N) is 2. The second kappa shape index (κ2) is 5.81. The Kier molecular flexibility index (Phi) is 4.27. The summed E-state index contributed by atoms with van der Waals surface area (Å²) in [6, 6.07) is 4.80. The van der Waals surface area contributed by atoms with Crippen LogP contribution in [-0.2, 0) is 14.8 Å². The van der Waals surface area contributed by atoms with Gasteiger partial charge in [0.05, 0.1) is 4.90 Å². The molecule has 25 heavy (non-hydrogen) atoms. The molecule has 2 aliphatic rings. The zero-order valence-corrected chi connectivity index (χ0v) is 16.5. The third-order valence-corrected chi connectivity index (χ3v) is 7.79. The average molecular weight is 365 g/mol. The molecular formula is C19H28N2O3S. The Bertz CT molecular complexity index is 811. The molecule has 138 valence electrons. The van der Waals surface area contributed by atoms with Gasteiger partial charge in [0.15, 0.2) is 0 Å². The maximum atomic E-state index is 13.0. The normalized spacial score (nSPS) is 30.4. The number of carbonyl (C=O) groups excluding carboxylic acids is 1. The maximum absolute atomic E-state index is 13.0. The van der Waals surface area contributed by atoms with Crippen molar-refractivity contribution in [3.05, 3.63) is 23.8 Å². The molecule has 0 spiro atoms. The summed E-state index contributed by atoms with van der Waals surface area (Å²) in [4.78, 5) is 11.5. The van der Waals surface area contributed by atoms with Gasteiger partial charge in [-0.1, -0.05) is 26.8 Å². The molecule has 1 amide bonds. The van der Waals surface area contributed by atoms with E-state index in [-0.39, 0.29) is 27.7 Å². The lowest BCUT2D eigenvalue weighted by Crippen LogP contribution is -2.52. The van der Waals surface area contributed by atoms with Gasteiger partial charge >= 0.3 is 0 Å². The van der Waals surface area contributed by atoms with Crippen LogP contribution >= 0.6 is 0 Å². The van der Waals surface area contributed by atoms with Gasteiger partial charge in [-0.05, 0) is 60.6 Å². The molecule has 1 aromatic carbocycles. The Balaban J connectivity index is 1.91. The number of fused-ring (bicyclic) bond motifs is 2. The van der Waals surface area contributed by atoms with Crippen molar-refractivity contribution >= 4 is 21.6 Å². The predicted molar refractivity (Wildman–Crippen MR) is 98.8 cm³/mol. The summed E-state index contributed by atoms with van der Waals surface area (Å²) in [6.45, 7) is 9.81. The summed E-state index contributed by atoms with van der Waals surface area (Å²) in [5.74, 6) is 0.352. The largest absolute Gasteiger partial charge is 0.326 e. The topological polar surface area (TPSA) is 75.3 Å². The highest BCUT2D eigenvalue weighted by Gasteiger charge is 2.60. The SMILES string of the molecule is CC(=O)Nc1cc(S(=O)(=O)NC2C3(C)CCC(C3)C2(C)C)ccc1C. The van der Waals surface area contributed by atoms with Crippen LogP contribution in [0, 0.1) is 23.7 Å². The molecule has 2 aliphatic carbocycles. The van der Waals surface area contributed by atoms with E-state index in [0.29, 0.717) is 11.6 Å². The van der Waals surface area contributed by atoms with Crippen molar-refractivity contribution in [3.63, 3.8) is 0 Å². The minimum absolute atomic E-state index is 0.0202. The fourth-order valence-corrected chi connectivity index (χ4v) is 6.47. The molecule has 0 radical (unpaired) electrons. The first-order chi connectivity index (χ1) is 11.5. The molecule has 2 bridgehead atoms. The number of anilines is 1. The van der Waals surface area contributed by atoms with Crippen molar-refractivity contribution < 1.29 is 13.2 Å². The van der Waals surface area contributed by atoms with Crippen molar-refractivity contribution in [1.29, 1.82) is 0 Å². The molecule has 5 nitrogen and oxygen atoms in total. The Morgan fingerprint density at radius 1 is 1.24 bits per heavy atom. The van der Waals surface area contributed by atoms with Crippen LogP contribution in [-0.4, -0.2) is 20.4 Å². The van der Waals surface area contributed by atoms with Crippen molar-refractivity contribution in [3.8, 4) is 0 Å². The summed E-state index contributed by atoms with van der Waals surface area (Å²) in [6.07, 6.45) is 3.33. The van der Waals surface area contributed by atoms with Crippen LogP contribution in [0.5, 0.6) is 0 Å². The third-order valence-electron chi connectivity index (χ3n) is 6.37. The fraction of sp³-hybridized carbons (Fsp3) is 0.632. The van der Waals surface area contributed by atoms with Crippen LogP contribution in [0.15, 0.2) is 23.1 Å². The number of aryl methyl sites for hydroxylation is 1. The lowest BCUT2D eigenvalue weighted by Gasteiger charge is -2.42. The molecule has 2 saturated carbocycles. The quantitative estimate of drug-likeness (QED) is 0.859. The third kappa shape index (κ3) is 3.10. The minimum atomic E-state index is -3.65. The van der Waals surface area contributed by atoms with Gasteiger partial charge in [-0.2, -0.15) is 0 Å². The lowest BCUT2D eigenvalue weighted by molar-refractivity contribution is -0.114. The van der Waals surface area contributed by atoms with Crippen LogP contribution in [0.3, 0.4) is 0 Å². The monoisotopic (exact) mass is 364 g/mol. The molecule has 0 aliphatic heterocycles. The van der Waals surface area contributed by atoms with E-state index in [9.17, 15) is 13.2 Å². The molecule has 3 unspecified atom stereocenters. The van der Waals surface area contributed by atoms with E-state index in [1.165, 1.54) is 13.3 Å². The zero-order chi connectivity index (χ0) is 18.6. The molecule has 0 aromatic heterocycles. The first-order valence-electron chi connectivity index (χ1n) is 8.86. The average Bonchev–Trinajstić information content (AvgIpc) is 2.96. The fourth-order valence-electron chi connectivity index (χ4n) is 4.91. The number of hydrogen-bond acceptors (Lipinski definition) is 3. The lowest BCUT2D eigenvalue weighted by atomic mass is 9.69. The molecule has 2 fully saturated rings. The number of hydrogen-bond donors (Lipinski definition) is 2. The van der Waals surface area contributed by atoms with Gasteiger partial charge in [0, 0.05) is 18.7 Å². The molecule has 0 heterocycles. The molecule has 3 rings (SSSR count). The second-order valence-electron chi connectivity index (χ2n) is 8.63. The Hall–Kier alpha value is -1.40. The van der Waals surface area contributed by atoms with Crippen molar-refractivity contribution in [1.82, 2.24) is 4.72 Å². The molecule has 3 atom stereocenters. The number of carbonyl (C=O) groups is 1. The molecule has 1 aromatic rings. The van der Waals surface area contributed by atoms with Crippen molar-refractivity contribution in [2.75, 3.05) is 5.32 Å². The van der Waals surface area contributed by atoms with Crippen LogP contribution < -0.4 is 10.0 Å². The highest BCUT2D eigenvalue weighted by Crippen LogP contribution is 2.62. The first kappa shape index (κ1) is 18.4. The Labute approximate surface area is 150 Å². The summed E-state index contributed by atoms with van der Waals surface area (Å²) in [5.41, 5.74) is 1.34. The Morgan fingerprint density at radius 2 is 1.92 bits per heavy atom. The number of benzene rings is 1. The van der Waals surface area contributed by atoms with Gasteiger partial charge in [0.2, 0.25) is 15.9 Å². The zero-order valence-electron chi connectivity index (χ0n) is 15.6. The van der Waals surface area contributed by atoms with E-state index in [2.05, 4.69) is 30.8 Å². The number of sulfonamides is 1. The number of rotatable bonds is 4. The second-order valence-corrected chi connectivity index (χ2v) is 10.3. The van der Waals surface area contributed by atoms with E-state index >= 15 is 0 Å². The van der Waals surface area contributed by atoms with Gasteiger partial charge in [-0.3, -0.25) is 4.79 Å². The molecule has 2 N–H and O–H groups in total. The highest BCUT2D eigenvalue weighted by atomic mass is 32.2. The summed E-state index contributed by atoms with van der Waals surface area (Å²) in [5, 5.41) is 2.70. The van der Waals surface area contributed by atoms with Gasteiger partial charge < -0.3 is 5.32 Å². The predicted octanol–water partition coefficient (Wildman–Crippen LogP) is 3.45. The molecular weight excluding hydrogens is 336 g/mol. The highest BCUT2D eigenvalue weighted by molar-refractivity contribution is 7.89. The smallest absolute Gasteiger partial charge is 0.240 e. The van der Waals surface area contributed by atoms with Gasteiger partial charge in [-0.15, -0.1) is 0 Å². The standard InChI is InChI=1S/C19H28N2O3S/c1-12-6-7-15(10-16(12)20-13(2)22)25(23,24)21-17-18(3,4)14-8-9-19(17,5)11-14/h6-7,10,14,17,21H,8-9,11H2,1-5H3,(H,20,22). The van der Waals surface area contributed by atoms with E-state index in [1.54, 1.807) is 18.2 Å². The molecule has 0 saturated heterocycles. The van der Waals surface area contributed by atoms with E-state index < -0.39 is 10.0 Å². The Morgan fingerprint density at radius 3 is 2.48 bits per heavy atom. The summed E-state index contributed by atoms with van der Waals surface area (Å²) >= 11 is 0. The molecule has 6 heteroatoms. The first-order valence-corrected chi connectivity index (χ1v) is 10.3. The van der Waals surface area contributed by atoms with Crippen molar-refractivity contribution in [2.45, 2.75) is 64.8 Å². The van der Waals surface area contributed by atoms with E-state index in [1.807, 2.05) is 6.92 Å².